The van der Waals surface area contributed by atoms with E-state index >= 15 is 0 Å². The van der Waals surface area contributed by atoms with Crippen LogP contribution in [-0.4, -0.2) is 82.9 Å². The number of nitrogens with one attached hydrogen (secondary N) is 1. The highest BCUT2D eigenvalue weighted by atomic mass is 79.9. The van der Waals surface area contributed by atoms with Gasteiger partial charge in [0.25, 0.3) is 0 Å². The summed E-state index contributed by atoms with van der Waals surface area (Å²) in [6, 6.07) is 6.08. The average Bonchev–Trinajstić information content (AvgIpc) is 3.60. The van der Waals surface area contributed by atoms with Crippen molar-refractivity contribution in [3.63, 3.8) is 0 Å². The predicted octanol–water partition coefficient (Wildman–Crippen LogP) is 1.94. The zero-order valence-electron chi connectivity index (χ0n) is 21.0. The summed E-state index contributed by atoms with van der Waals surface area (Å²) in [5, 5.41) is 21.5. The summed E-state index contributed by atoms with van der Waals surface area (Å²) in [6.07, 6.45) is 1.29. The first-order chi connectivity index (χ1) is 17.8. The van der Waals surface area contributed by atoms with Crippen LogP contribution >= 0.6 is 27.7 Å². The van der Waals surface area contributed by atoms with Crippen molar-refractivity contribution in [2.24, 2.45) is 17.8 Å². The zero-order valence-corrected chi connectivity index (χ0v) is 23.4. The van der Waals surface area contributed by atoms with E-state index in [4.69, 9.17) is 4.74 Å². The summed E-state index contributed by atoms with van der Waals surface area (Å²) in [7, 11) is 0. The number of carbonyl (C=O) groups is 3. The highest BCUT2D eigenvalue weighted by molar-refractivity contribution is 9.09. The number of ether oxygens (including phenoxy) is 1. The minimum absolute atomic E-state index is 0.0400. The van der Waals surface area contributed by atoms with Gasteiger partial charge in [-0.15, -0.1) is 16.9 Å². The maximum absolute atomic E-state index is 14.1. The second-order valence-corrected chi connectivity index (χ2v) is 12.8. The number of hydrogen-bond donors (Lipinski definition) is 2. The summed E-state index contributed by atoms with van der Waals surface area (Å²) in [6.45, 7) is 5.75. The van der Waals surface area contributed by atoms with Crippen molar-refractivity contribution in [2.75, 3.05) is 13.2 Å². The third kappa shape index (κ3) is 4.06. The molecule has 8 atom stereocenters. The number of amides is 2. The number of para-hydroxylation sites is 1. The lowest BCUT2D eigenvalue weighted by atomic mass is 9.71. The molecule has 2 N–H and O–H groups in total. The molecule has 1 aromatic heterocycles. The van der Waals surface area contributed by atoms with Crippen molar-refractivity contribution in [2.45, 2.75) is 67.2 Å². The van der Waals surface area contributed by atoms with E-state index in [1.807, 2.05) is 38.1 Å². The number of likely N-dealkylation sites (tertiary alicyclic amines) is 1. The number of alkyl halides is 1. The lowest BCUT2D eigenvalue weighted by Crippen LogP contribution is -2.58. The summed E-state index contributed by atoms with van der Waals surface area (Å²) in [5.74, 6) is -2.35. The van der Waals surface area contributed by atoms with Crippen LogP contribution in [-0.2, 0) is 25.8 Å². The number of nitrogens with zero attached hydrogens (tertiary/aromatic N) is 4. The van der Waals surface area contributed by atoms with Gasteiger partial charge in [0, 0.05) is 10.1 Å². The Morgan fingerprint density at radius 1 is 1.35 bits per heavy atom. The summed E-state index contributed by atoms with van der Waals surface area (Å²) < 4.78 is 6.20. The van der Waals surface area contributed by atoms with Crippen LogP contribution < -0.4 is 5.32 Å². The van der Waals surface area contributed by atoms with E-state index in [0.717, 1.165) is 17.5 Å². The lowest BCUT2D eigenvalue weighted by molar-refractivity contribution is -0.154. The second kappa shape index (κ2) is 10.2. The van der Waals surface area contributed by atoms with Gasteiger partial charge < -0.3 is 20.1 Å². The Kier molecular flexibility index (Phi) is 7.27. The van der Waals surface area contributed by atoms with Gasteiger partial charge in [0.15, 0.2) is 0 Å². The number of aliphatic hydroxyl groups excluding tert-OH is 1. The van der Waals surface area contributed by atoms with Crippen LogP contribution in [0.3, 0.4) is 0 Å². The number of rotatable bonds is 9. The fraction of sp³-hybridized carbons (Fsp3) is 0.640. The number of aromatic nitrogens is 3. The monoisotopic (exact) mass is 593 g/mol. The number of halogens is 1. The van der Waals surface area contributed by atoms with Gasteiger partial charge in [0.1, 0.15) is 18.2 Å². The maximum Gasteiger partial charge on any atom is 0.310 e. The second-order valence-electron chi connectivity index (χ2n) is 10.1. The van der Waals surface area contributed by atoms with Gasteiger partial charge in [-0.05, 0) is 31.4 Å². The van der Waals surface area contributed by atoms with Crippen LogP contribution in [0.1, 0.15) is 33.6 Å². The smallest absolute Gasteiger partial charge is 0.310 e. The topological polar surface area (TPSA) is 127 Å². The first-order valence-electron chi connectivity index (χ1n) is 12.8. The van der Waals surface area contributed by atoms with Crippen molar-refractivity contribution in [3.05, 3.63) is 24.3 Å². The van der Waals surface area contributed by atoms with Crippen LogP contribution in [0.5, 0.6) is 0 Å². The maximum atomic E-state index is 14.1. The Morgan fingerprint density at radius 2 is 2.11 bits per heavy atom. The van der Waals surface area contributed by atoms with Crippen LogP contribution in [0.2, 0.25) is 0 Å². The number of hydrogen-bond acceptors (Lipinski definition) is 8. The third-order valence-corrected chi connectivity index (χ3v) is 11.4. The van der Waals surface area contributed by atoms with Gasteiger partial charge in [-0.1, -0.05) is 53.5 Å². The van der Waals surface area contributed by atoms with Gasteiger partial charge in [0.2, 0.25) is 11.8 Å². The van der Waals surface area contributed by atoms with E-state index in [9.17, 15) is 19.5 Å². The fourth-order valence-electron chi connectivity index (χ4n) is 6.33. The Labute approximate surface area is 228 Å². The molecule has 0 radical (unpaired) electrons. The molecule has 10 nitrogen and oxygen atoms in total. The largest absolute Gasteiger partial charge is 0.466 e. The van der Waals surface area contributed by atoms with Crippen molar-refractivity contribution in [3.8, 4) is 0 Å². The number of thioether (sulfide) groups is 1. The molecule has 200 valence electrons. The minimum Gasteiger partial charge on any atom is -0.466 e. The molecule has 2 amide bonds. The van der Waals surface area contributed by atoms with Crippen molar-refractivity contribution in [1.82, 2.24) is 25.2 Å². The molecule has 1 spiro atoms. The molecule has 3 aliphatic heterocycles. The fourth-order valence-corrected chi connectivity index (χ4v) is 9.92. The molecule has 1 aromatic carbocycles. The molecule has 2 aromatic rings. The third-order valence-electron chi connectivity index (χ3n) is 8.20. The van der Waals surface area contributed by atoms with E-state index in [0.29, 0.717) is 6.42 Å². The summed E-state index contributed by atoms with van der Waals surface area (Å²) >= 11 is 5.28. The molecule has 37 heavy (non-hydrogen) atoms. The Balaban J connectivity index is 1.51. The molecule has 3 saturated heterocycles. The quantitative estimate of drug-likeness (QED) is 0.333. The van der Waals surface area contributed by atoms with Gasteiger partial charge in [-0.2, -0.15) is 0 Å². The van der Waals surface area contributed by atoms with Crippen molar-refractivity contribution < 1.29 is 24.2 Å². The summed E-state index contributed by atoms with van der Waals surface area (Å²) in [5.41, 5.74) is 1.50. The highest BCUT2D eigenvalue weighted by Crippen LogP contribution is 2.68. The first-order valence-corrected chi connectivity index (χ1v) is 14.6. The van der Waals surface area contributed by atoms with Gasteiger partial charge in [-0.3, -0.25) is 14.4 Å². The zero-order chi connectivity index (χ0) is 26.5. The number of fused-ring (bicyclic) bond motifs is 2. The van der Waals surface area contributed by atoms with Gasteiger partial charge in [0.05, 0.1) is 41.4 Å². The number of benzene rings is 1. The van der Waals surface area contributed by atoms with E-state index in [-0.39, 0.29) is 47.7 Å². The van der Waals surface area contributed by atoms with Gasteiger partial charge >= 0.3 is 5.97 Å². The van der Waals surface area contributed by atoms with Crippen LogP contribution in [0.25, 0.3) is 11.0 Å². The average molecular weight is 595 g/mol. The SMILES string of the molecule is CCOC(=O)[C@H]1[C@@H]2SC3(CC2Br)C(C(=O)NCn2nnc4ccccc42)N([C@@H](CO)[C@@H](C)CC)C(=O)[C@H]13. The van der Waals surface area contributed by atoms with Gasteiger partial charge in [-0.25, -0.2) is 4.68 Å². The molecule has 4 heterocycles. The van der Waals surface area contributed by atoms with Crippen LogP contribution in [0.4, 0.5) is 0 Å². The lowest BCUT2D eigenvalue weighted by Gasteiger charge is -2.39. The highest BCUT2D eigenvalue weighted by Gasteiger charge is 2.76. The Bertz CT molecular complexity index is 1210. The molecule has 3 fully saturated rings. The first kappa shape index (κ1) is 26.4. The molecular weight excluding hydrogens is 562 g/mol. The van der Waals surface area contributed by atoms with E-state index < -0.39 is 34.6 Å². The predicted molar refractivity (Wildman–Crippen MR) is 142 cm³/mol. The number of esters is 1. The molecule has 5 rings (SSSR count). The molecule has 12 heteroatoms. The molecule has 3 unspecified atom stereocenters. The molecular formula is C25H32BrN5O5S. The number of carbonyl (C=O) groups excluding carboxylic acids is 3. The van der Waals surface area contributed by atoms with Crippen LogP contribution in [0, 0.1) is 17.8 Å². The van der Waals surface area contributed by atoms with Crippen molar-refractivity contribution in [1.29, 1.82) is 0 Å². The number of aliphatic hydroxyl groups is 1. The minimum atomic E-state index is -0.847. The van der Waals surface area contributed by atoms with E-state index in [1.165, 1.54) is 0 Å². The summed E-state index contributed by atoms with van der Waals surface area (Å²) in [4.78, 5) is 42.7. The van der Waals surface area contributed by atoms with E-state index in [1.54, 1.807) is 28.3 Å². The van der Waals surface area contributed by atoms with Crippen LogP contribution in [0.15, 0.2) is 24.3 Å². The molecule has 0 aliphatic carbocycles. The van der Waals surface area contributed by atoms with Crippen molar-refractivity contribution >= 4 is 56.5 Å². The standard InChI is InChI=1S/C25H32BrN5O5S/c1-4-13(3)17(11-32)31-21(22(33)27-12-30-16-9-7-6-8-15(16)28-29-30)25-10-14(26)20(37-25)18(19(25)23(31)34)24(35)36-5-2/h6-9,13-14,17-21,32H,4-5,10-12H2,1-3H3,(H,27,33)/t13-,14?,17-,18+,19-,20+,21?,25?/m0/s1. The van der Waals surface area contributed by atoms with E-state index in [2.05, 4.69) is 31.6 Å². The molecule has 3 aliphatic rings. The normalized spacial score (nSPS) is 32.0. The molecule has 2 bridgehead atoms. The molecule has 0 saturated carbocycles. The Morgan fingerprint density at radius 3 is 2.81 bits per heavy atom. The Hall–Kier alpha value is -2.18.